The van der Waals surface area contributed by atoms with Crippen molar-refractivity contribution in [1.82, 2.24) is 15.1 Å². The molecule has 0 fully saturated rings. The van der Waals surface area contributed by atoms with E-state index in [1.807, 2.05) is 7.05 Å². The first-order valence-corrected chi connectivity index (χ1v) is 5.97. The molecule has 2 rings (SSSR count). The Labute approximate surface area is 91.9 Å². The molecular formula is C12H21N3. The lowest BCUT2D eigenvalue weighted by Gasteiger charge is -2.23. The van der Waals surface area contributed by atoms with Crippen LogP contribution in [0.5, 0.6) is 0 Å². The van der Waals surface area contributed by atoms with Gasteiger partial charge in [-0.05, 0) is 32.7 Å². The zero-order chi connectivity index (χ0) is 10.8. The minimum Gasteiger partial charge on any atom is -0.319 e. The monoisotopic (exact) mass is 207 g/mol. The van der Waals surface area contributed by atoms with Crippen LogP contribution in [0, 0.1) is 0 Å². The lowest BCUT2D eigenvalue weighted by atomic mass is 9.84. The fourth-order valence-corrected chi connectivity index (χ4v) is 2.78. The van der Waals surface area contributed by atoms with Crippen molar-refractivity contribution >= 4 is 0 Å². The molecule has 0 aromatic carbocycles. The summed E-state index contributed by atoms with van der Waals surface area (Å²) >= 11 is 0. The second-order valence-corrected chi connectivity index (χ2v) is 4.43. The first-order chi connectivity index (χ1) is 7.27. The largest absolute Gasteiger partial charge is 0.319 e. The van der Waals surface area contributed by atoms with Crippen molar-refractivity contribution < 1.29 is 0 Å². The zero-order valence-corrected chi connectivity index (χ0v) is 10.0. The number of nitrogens with zero attached hydrogens (tertiary/aromatic N) is 2. The average molecular weight is 207 g/mol. The summed E-state index contributed by atoms with van der Waals surface area (Å²) in [6, 6.07) is 0. The van der Waals surface area contributed by atoms with Crippen LogP contribution in [-0.4, -0.2) is 23.4 Å². The molecule has 84 valence electrons. The molecule has 1 atom stereocenters. The molecule has 3 heteroatoms. The Kier molecular flexibility index (Phi) is 3.10. The average Bonchev–Trinajstić information content (AvgIpc) is 2.58. The maximum Gasteiger partial charge on any atom is 0.0659 e. The van der Waals surface area contributed by atoms with Crippen molar-refractivity contribution in [3.8, 4) is 0 Å². The van der Waals surface area contributed by atoms with Crippen LogP contribution in [0.4, 0.5) is 0 Å². The Morgan fingerprint density at radius 1 is 1.53 bits per heavy atom. The van der Waals surface area contributed by atoms with Gasteiger partial charge in [-0.25, -0.2) is 0 Å². The number of aryl methyl sites for hydroxylation is 2. The summed E-state index contributed by atoms with van der Waals surface area (Å²) in [5, 5.41) is 7.93. The molecule has 1 aromatic heterocycles. The van der Waals surface area contributed by atoms with E-state index in [0.717, 1.165) is 13.0 Å². The van der Waals surface area contributed by atoms with Crippen LogP contribution in [0.25, 0.3) is 0 Å². The third-order valence-corrected chi connectivity index (χ3v) is 3.44. The van der Waals surface area contributed by atoms with Crippen LogP contribution in [0.1, 0.15) is 42.6 Å². The van der Waals surface area contributed by atoms with Gasteiger partial charge in [0, 0.05) is 30.8 Å². The van der Waals surface area contributed by atoms with Crippen LogP contribution in [-0.2, 0) is 19.9 Å². The number of rotatable bonds is 3. The van der Waals surface area contributed by atoms with Gasteiger partial charge in [-0.1, -0.05) is 6.92 Å². The fourth-order valence-electron chi connectivity index (χ4n) is 2.78. The first-order valence-electron chi connectivity index (χ1n) is 5.97. The third kappa shape index (κ3) is 1.81. The SMILES string of the molecule is CCc1nn(C)c2c1C(CNC)CCC2. The van der Waals surface area contributed by atoms with E-state index in [0.29, 0.717) is 5.92 Å². The van der Waals surface area contributed by atoms with Gasteiger partial charge >= 0.3 is 0 Å². The standard InChI is InChI=1S/C12H21N3/c1-4-10-12-9(8-13-2)6-5-7-11(12)15(3)14-10/h9,13H,4-8H2,1-3H3. The number of hydrogen-bond donors (Lipinski definition) is 1. The molecule has 1 N–H and O–H groups in total. The number of hydrogen-bond acceptors (Lipinski definition) is 2. The van der Waals surface area contributed by atoms with Crippen molar-refractivity contribution in [2.75, 3.05) is 13.6 Å². The van der Waals surface area contributed by atoms with Crippen molar-refractivity contribution in [3.05, 3.63) is 17.0 Å². The van der Waals surface area contributed by atoms with Crippen LogP contribution < -0.4 is 5.32 Å². The second kappa shape index (κ2) is 4.35. The third-order valence-electron chi connectivity index (χ3n) is 3.44. The lowest BCUT2D eigenvalue weighted by Crippen LogP contribution is -2.22. The molecule has 0 saturated heterocycles. The van der Waals surface area contributed by atoms with Crippen molar-refractivity contribution in [3.63, 3.8) is 0 Å². The van der Waals surface area contributed by atoms with E-state index in [2.05, 4.69) is 29.1 Å². The highest BCUT2D eigenvalue weighted by molar-refractivity contribution is 5.33. The molecule has 1 aliphatic carbocycles. The molecule has 0 radical (unpaired) electrons. The number of nitrogens with one attached hydrogen (secondary N) is 1. The minimum atomic E-state index is 0.683. The number of aromatic nitrogens is 2. The van der Waals surface area contributed by atoms with Gasteiger partial charge in [0.2, 0.25) is 0 Å². The number of fused-ring (bicyclic) bond motifs is 1. The lowest BCUT2D eigenvalue weighted by molar-refractivity contribution is 0.514. The van der Waals surface area contributed by atoms with E-state index >= 15 is 0 Å². The molecule has 1 heterocycles. The molecule has 3 nitrogen and oxygen atoms in total. The van der Waals surface area contributed by atoms with E-state index in [-0.39, 0.29) is 0 Å². The topological polar surface area (TPSA) is 29.9 Å². The Morgan fingerprint density at radius 2 is 2.33 bits per heavy atom. The van der Waals surface area contributed by atoms with E-state index in [4.69, 9.17) is 0 Å². The smallest absolute Gasteiger partial charge is 0.0659 e. The van der Waals surface area contributed by atoms with E-state index in [1.54, 1.807) is 5.56 Å². The quantitative estimate of drug-likeness (QED) is 0.816. The predicted molar refractivity (Wildman–Crippen MR) is 62.2 cm³/mol. The first kappa shape index (κ1) is 10.7. The highest BCUT2D eigenvalue weighted by Crippen LogP contribution is 2.33. The number of likely N-dealkylation sites (N-methyl/N-ethyl adjacent to an activating group) is 1. The second-order valence-electron chi connectivity index (χ2n) is 4.43. The summed E-state index contributed by atoms with van der Waals surface area (Å²) in [7, 11) is 4.12. The van der Waals surface area contributed by atoms with Gasteiger partial charge in [0.25, 0.3) is 0 Å². The van der Waals surface area contributed by atoms with Crippen LogP contribution in [0.15, 0.2) is 0 Å². The summed E-state index contributed by atoms with van der Waals surface area (Å²) in [6.45, 7) is 3.29. The van der Waals surface area contributed by atoms with Gasteiger partial charge < -0.3 is 5.32 Å². The Bertz CT molecular complexity index is 341. The predicted octanol–water partition coefficient (Wildman–Crippen LogP) is 1.62. The van der Waals surface area contributed by atoms with Gasteiger partial charge in [-0.15, -0.1) is 0 Å². The normalized spacial score (nSPS) is 20.3. The van der Waals surface area contributed by atoms with Crippen molar-refractivity contribution in [2.45, 2.75) is 38.5 Å². The summed E-state index contributed by atoms with van der Waals surface area (Å²) in [4.78, 5) is 0. The van der Waals surface area contributed by atoms with E-state index in [9.17, 15) is 0 Å². The van der Waals surface area contributed by atoms with Gasteiger partial charge in [0.05, 0.1) is 5.69 Å². The summed E-state index contributed by atoms with van der Waals surface area (Å²) in [6.07, 6.45) is 4.89. The maximum atomic E-state index is 4.63. The van der Waals surface area contributed by atoms with Gasteiger partial charge in [-0.3, -0.25) is 4.68 Å². The molecule has 0 spiro atoms. The van der Waals surface area contributed by atoms with Crippen LogP contribution in [0.2, 0.25) is 0 Å². The summed E-state index contributed by atoms with van der Waals surface area (Å²) < 4.78 is 2.09. The van der Waals surface area contributed by atoms with E-state index in [1.165, 1.54) is 30.7 Å². The zero-order valence-electron chi connectivity index (χ0n) is 10.0. The highest BCUT2D eigenvalue weighted by atomic mass is 15.3. The van der Waals surface area contributed by atoms with Gasteiger partial charge in [-0.2, -0.15) is 5.10 Å². The molecule has 1 aromatic rings. The van der Waals surface area contributed by atoms with Crippen molar-refractivity contribution in [1.29, 1.82) is 0 Å². The minimum absolute atomic E-state index is 0.683. The Balaban J connectivity index is 2.39. The van der Waals surface area contributed by atoms with Crippen LogP contribution in [0.3, 0.4) is 0 Å². The molecule has 0 bridgehead atoms. The van der Waals surface area contributed by atoms with Crippen molar-refractivity contribution in [2.24, 2.45) is 7.05 Å². The molecule has 1 unspecified atom stereocenters. The highest BCUT2D eigenvalue weighted by Gasteiger charge is 2.26. The molecule has 15 heavy (non-hydrogen) atoms. The van der Waals surface area contributed by atoms with Gasteiger partial charge in [0.15, 0.2) is 0 Å². The summed E-state index contributed by atoms with van der Waals surface area (Å²) in [5.41, 5.74) is 4.33. The molecule has 0 aliphatic heterocycles. The van der Waals surface area contributed by atoms with E-state index < -0.39 is 0 Å². The maximum absolute atomic E-state index is 4.63. The summed E-state index contributed by atoms with van der Waals surface area (Å²) in [5.74, 6) is 0.683. The molecular weight excluding hydrogens is 186 g/mol. The fraction of sp³-hybridized carbons (Fsp3) is 0.750. The van der Waals surface area contributed by atoms with Gasteiger partial charge in [0.1, 0.15) is 0 Å². The van der Waals surface area contributed by atoms with Crippen LogP contribution >= 0.6 is 0 Å². The molecule has 1 aliphatic rings. The Morgan fingerprint density at radius 3 is 3.00 bits per heavy atom. The Hall–Kier alpha value is -0.830. The molecule has 0 saturated carbocycles. The molecule has 0 amide bonds.